The fraction of sp³-hybridized carbons (Fsp3) is 0.304. The summed E-state index contributed by atoms with van der Waals surface area (Å²) in [5, 5.41) is 1.26. The fourth-order valence-corrected chi connectivity index (χ4v) is 3.86. The first-order chi connectivity index (χ1) is 13.7. The van der Waals surface area contributed by atoms with Crippen LogP contribution in [0.5, 0.6) is 5.75 Å². The van der Waals surface area contributed by atoms with Gasteiger partial charge >= 0.3 is 0 Å². The maximum absolute atomic E-state index is 13.4. The molecular weight excluding hydrogens is 352 g/mol. The zero-order chi connectivity index (χ0) is 19.5. The van der Waals surface area contributed by atoms with Crippen molar-refractivity contribution >= 4 is 16.7 Å². The summed E-state index contributed by atoms with van der Waals surface area (Å²) in [7, 11) is 1.59. The Kier molecular flexibility index (Phi) is 5.15. The number of benzene rings is 2. The maximum atomic E-state index is 13.4. The third kappa shape index (κ3) is 3.40. The number of fused-ring (bicyclic) bond motifs is 1. The summed E-state index contributed by atoms with van der Waals surface area (Å²) in [5.41, 5.74) is 1.11. The summed E-state index contributed by atoms with van der Waals surface area (Å²) in [6, 6.07) is 14.7. The quantitative estimate of drug-likeness (QED) is 0.694. The molecule has 4 rings (SSSR count). The number of likely N-dealkylation sites (tertiary alicyclic amines) is 1. The number of nitrogens with zero attached hydrogens (tertiary/aromatic N) is 2. The molecule has 0 atom stereocenters. The van der Waals surface area contributed by atoms with E-state index in [4.69, 9.17) is 4.74 Å². The van der Waals surface area contributed by atoms with E-state index in [9.17, 15) is 9.59 Å². The van der Waals surface area contributed by atoms with Crippen LogP contribution in [0, 0.1) is 0 Å². The van der Waals surface area contributed by atoms with Crippen molar-refractivity contribution in [3.8, 4) is 11.4 Å². The van der Waals surface area contributed by atoms with E-state index < -0.39 is 0 Å². The highest BCUT2D eigenvalue weighted by Gasteiger charge is 2.21. The van der Waals surface area contributed by atoms with Crippen molar-refractivity contribution in [2.24, 2.45) is 0 Å². The van der Waals surface area contributed by atoms with Crippen LogP contribution in [0.1, 0.15) is 36.0 Å². The minimum Gasteiger partial charge on any atom is -0.497 e. The average Bonchev–Trinajstić information content (AvgIpc) is 3.03. The topological polar surface area (TPSA) is 51.5 Å². The van der Waals surface area contributed by atoms with Crippen molar-refractivity contribution in [2.75, 3.05) is 20.2 Å². The molecule has 5 heteroatoms. The second-order valence-corrected chi connectivity index (χ2v) is 7.17. The van der Waals surface area contributed by atoms with Gasteiger partial charge in [0.05, 0.1) is 18.4 Å². The minimum atomic E-state index is -0.142. The average molecular weight is 376 g/mol. The normalized spacial score (nSPS) is 14.7. The van der Waals surface area contributed by atoms with Gasteiger partial charge in [0.25, 0.3) is 11.5 Å². The largest absolute Gasteiger partial charge is 0.497 e. The lowest BCUT2D eigenvalue weighted by Crippen LogP contribution is -2.33. The van der Waals surface area contributed by atoms with E-state index >= 15 is 0 Å². The third-order valence-electron chi connectivity index (χ3n) is 5.38. The van der Waals surface area contributed by atoms with E-state index in [0.29, 0.717) is 27.8 Å². The zero-order valence-electron chi connectivity index (χ0n) is 16.1. The van der Waals surface area contributed by atoms with E-state index in [0.717, 1.165) is 38.8 Å². The number of carbonyl (C=O) groups is 1. The lowest BCUT2D eigenvalue weighted by molar-refractivity contribution is 0.0763. The second-order valence-electron chi connectivity index (χ2n) is 7.17. The standard InChI is InChI=1S/C23H24N2O3/c1-28-18-10-8-9-17(15-18)25-16-21(19-11-4-5-12-20(19)23(25)27)22(26)24-13-6-2-3-7-14-24/h4-5,8-12,15-16H,2-3,6-7,13-14H2,1H3. The van der Waals surface area contributed by atoms with Crippen LogP contribution in [0.15, 0.2) is 59.5 Å². The molecule has 28 heavy (non-hydrogen) atoms. The van der Waals surface area contributed by atoms with Crippen molar-refractivity contribution < 1.29 is 9.53 Å². The molecule has 0 bridgehead atoms. The van der Waals surface area contributed by atoms with E-state index in [1.807, 2.05) is 41.3 Å². The smallest absolute Gasteiger partial charge is 0.262 e. The van der Waals surface area contributed by atoms with Gasteiger partial charge in [-0.1, -0.05) is 37.1 Å². The van der Waals surface area contributed by atoms with Crippen molar-refractivity contribution in [1.29, 1.82) is 0 Å². The van der Waals surface area contributed by atoms with Crippen molar-refractivity contribution in [3.63, 3.8) is 0 Å². The number of hydrogen-bond donors (Lipinski definition) is 0. The Morgan fingerprint density at radius 1 is 0.929 bits per heavy atom. The molecule has 1 amide bonds. The molecule has 144 valence electrons. The molecule has 0 radical (unpaired) electrons. The van der Waals surface area contributed by atoms with Crippen LogP contribution in [-0.2, 0) is 0 Å². The summed E-state index contributed by atoms with van der Waals surface area (Å²) in [6.45, 7) is 1.54. The van der Waals surface area contributed by atoms with Gasteiger partial charge in [-0.15, -0.1) is 0 Å². The molecule has 1 aliphatic heterocycles. The predicted octanol–water partition coefficient (Wildman–Crippen LogP) is 4.02. The Balaban J connectivity index is 1.89. The highest BCUT2D eigenvalue weighted by Crippen LogP contribution is 2.22. The number of amides is 1. The lowest BCUT2D eigenvalue weighted by Gasteiger charge is -2.22. The van der Waals surface area contributed by atoms with Crippen molar-refractivity contribution in [2.45, 2.75) is 25.7 Å². The molecule has 0 unspecified atom stereocenters. The molecule has 1 saturated heterocycles. The minimum absolute atomic E-state index is 0.00486. The first kappa shape index (κ1) is 18.3. The molecule has 1 aliphatic rings. The van der Waals surface area contributed by atoms with Gasteiger partial charge in [0.2, 0.25) is 0 Å². The summed E-state index contributed by atoms with van der Waals surface area (Å²) in [4.78, 5) is 28.4. The van der Waals surface area contributed by atoms with Crippen LogP contribution in [0.2, 0.25) is 0 Å². The van der Waals surface area contributed by atoms with Gasteiger partial charge in [-0.2, -0.15) is 0 Å². The van der Waals surface area contributed by atoms with Gasteiger partial charge in [0.15, 0.2) is 0 Å². The maximum Gasteiger partial charge on any atom is 0.262 e. The van der Waals surface area contributed by atoms with Crippen LogP contribution in [0.3, 0.4) is 0 Å². The summed E-state index contributed by atoms with van der Waals surface area (Å²) in [6.07, 6.45) is 6.06. The van der Waals surface area contributed by atoms with Crippen LogP contribution >= 0.6 is 0 Å². The number of pyridine rings is 1. The van der Waals surface area contributed by atoms with E-state index in [1.165, 1.54) is 0 Å². The van der Waals surface area contributed by atoms with Crippen molar-refractivity contribution in [3.05, 3.63) is 70.6 Å². The SMILES string of the molecule is COc1cccc(-n2cc(C(=O)N3CCCCCC3)c3ccccc3c2=O)c1. The molecule has 0 saturated carbocycles. The van der Waals surface area contributed by atoms with Gasteiger partial charge in [-0.05, 0) is 31.0 Å². The Morgan fingerprint density at radius 3 is 2.36 bits per heavy atom. The molecule has 1 fully saturated rings. The molecule has 2 heterocycles. The Morgan fingerprint density at radius 2 is 1.64 bits per heavy atom. The second kappa shape index (κ2) is 7.89. The van der Waals surface area contributed by atoms with Crippen LogP contribution in [-0.4, -0.2) is 35.6 Å². The number of carbonyl (C=O) groups excluding carboxylic acids is 1. The van der Waals surface area contributed by atoms with Crippen LogP contribution in [0.25, 0.3) is 16.5 Å². The van der Waals surface area contributed by atoms with Gasteiger partial charge in [0, 0.05) is 36.1 Å². The Bertz CT molecular complexity index is 1060. The number of ether oxygens (including phenoxy) is 1. The number of methoxy groups -OCH3 is 1. The first-order valence-electron chi connectivity index (χ1n) is 9.77. The molecule has 1 aromatic heterocycles. The van der Waals surface area contributed by atoms with Gasteiger partial charge in [-0.3, -0.25) is 14.2 Å². The summed E-state index contributed by atoms with van der Waals surface area (Å²) >= 11 is 0. The fourth-order valence-electron chi connectivity index (χ4n) is 3.86. The third-order valence-corrected chi connectivity index (χ3v) is 5.38. The first-order valence-corrected chi connectivity index (χ1v) is 9.77. The summed E-state index contributed by atoms with van der Waals surface area (Å²) in [5.74, 6) is 0.660. The van der Waals surface area contributed by atoms with Gasteiger partial charge in [-0.25, -0.2) is 0 Å². The summed E-state index contributed by atoms with van der Waals surface area (Å²) < 4.78 is 6.85. The Labute approximate surface area is 164 Å². The van der Waals surface area contributed by atoms with Gasteiger partial charge < -0.3 is 9.64 Å². The van der Waals surface area contributed by atoms with Crippen LogP contribution in [0.4, 0.5) is 0 Å². The number of hydrogen-bond acceptors (Lipinski definition) is 3. The molecule has 2 aromatic carbocycles. The Hall–Kier alpha value is -3.08. The number of rotatable bonds is 3. The molecule has 3 aromatic rings. The van der Waals surface area contributed by atoms with Crippen LogP contribution < -0.4 is 10.3 Å². The predicted molar refractivity (Wildman–Crippen MR) is 110 cm³/mol. The number of aromatic nitrogens is 1. The highest BCUT2D eigenvalue weighted by molar-refractivity contribution is 6.06. The molecule has 0 N–H and O–H groups in total. The highest BCUT2D eigenvalue weighted by atomic mass is 16.5. The van der Waals surface area contributed by atoms with Gasteiger partial charge in [0.1, 0.15) is 5.75 Å². The monoisotopic (exact) mass is 376 g/mol. The molecule has 0 aliphatic carbocycles. The van der Waals surface area contributed by atoms with E-state index in [2.05, 4.69) is 0 Å². The van der Waals surface area contributed by atoms with Crippen molar-refractivity contribution in [1.82, 2.24) is 9.47 Å². The lowest BCUT2D eigenvalue weighted by atomic mass is 10.1. The zero-order valence-corrected chi connectivity index (χ0v) is 16.1. The van der Waals surface area contributed by atoms with E-state index in [-0.39, 0.29) is 11.5 Å². The van der Waals surface area contributed by atoms with E-state index in [1.54, 1.807) is 30.0 Å². The molecule has 5 nitrogen and oxygen atoms in total. The molecular formula is C23H24N2O3. The molecule has 0 spiro atoms.